The van der Waals surface area contributed by atoms with Crippen molar-refractivity contribution in [1.29, 1.82) is 0 Å². The second-order valence-corrected chi connectivity index (χ2v) is 7.31. The summed E-state index contributed by atoms with van der Waals surface area (Å²) in [5.74, 6) is -0.0699. The zero-order chi connectivity index (χ0) is 21.7. The summed E-state index contributed by atoms with van der Waals surface area (Å²) in [7, 11) is 2.98. The van der Waals surface area contributed by atoms with Crippen LogP contribution in [-0.2, 0) is 11.4 Å². The Bertz CT molecular complexity index is 873. The number of nitrogens with zero attached hydrogens (tertiary/aromatic N) is 1. The molecule has 160 valence electrons. The monoisotopic (exact) mass is 413 g/mol. The van der Waals surface area contributed by atoms with Gasteiger partial charge in [0.05, 0.1) is 14.2 Å². The molecule has 0 unspecified atom stereocenters. The highest BCUT2D eigenvalue weighted by molar-refractivity contribution is 5.98. The number of hydrogen-bond donors (Lipinski definition) is 1. The summed E-state index contributed by atoms with van der Waals surface area (Å²) in [5.41, 5.74) is 1.28. The summed E-state index contributed by atoms with van der Waals surface area (Å²) in [6, 6.07) is 12.0. The maximum absolute atomic E-state index is 13.2. The molecule has 0 radical (unpaired) electrons. The Balaban J connectivity index is 1.88. The zero-order valence-electron chi connectivity index (χ0n) is 17.5. The van der Waals surface area contributed by atoms with Gasteiger partial charge in [0, 0.05) is 12.1 Å². The van der Waals surface area contributed by atoms with E-state index in [0.717, 1.165) is 12.0 Å². The molecule has 0 bridgehead atoms. The predicted molar refractivity (Wildman–Crippen MR) is 111 cm³/mol. The summed E-state index contributed by atoms with van der Waals surface area (Å²) in [4.78, 5) is 26.3. The number of ether oxygens (including phenoxy) is 3. The van der Waals surface area contributed by atoms with Crippen LogP contribution in [0.2, 0.25) is 0 Å². The molecule has 7 nitrogen and oxygen atoms in total. The van der Waals surface area contributed by atoms with Crippen LogP contribution < -0.4 is 14.2 Å². The quantitative estimate of drug-likeness (QED) is 0.712. The number of methoxy groups -OCH3 is 2. The Morgan fingerprint density at radius 2 is 1.73 bits per heavy atom. The fourth-order valence-electron chi connectivity index (χ4n) is 3.72. The third-order valence-corrected chi connectivity index (χ3v) is 5.44. The molecule has 30 heavy (non-hydrogen) atoms. The van der Waals surface area contributed by atoms with Crippen molar-refractivity contribution in [2.24, 2.45) is 5.92 Å². The van der Waals surface area contributed by atoms with Crippen molar-refractivity contribution < 1.29 is 28.9 Å². The molecule has 2 aromatic rings. The van der Waals surface area contributed by atoms with E-state index in [1.54, 1.807) is 12.1 Å². The fourth-order valence-corrected chi connectivity index (χ4v) is 3.72. The van der Waals surface area contributed by atoms with Crippen molar-refractivity contribution >= 4 is 11.9 Å². The van der Waals surface area contributed by atoms with Gasteiger partial charge < -0.3 is 24.2 Å². The SMILES string of the molecule is CC[C@H]1C[C@@H](C(=O)O)N(C(=O)c2cc(OC)c(OCc3ccccc3)c(OC)c2)C1. The van der Waals surface area contributed by atoms with Crippen LogP contribution in [0.15, 0.2) is 42.5 Å². The number of carboxylic acid groups (broad SMARTS) is 1. The van der Waals surface area contributed by atoms with Gasteiger partial charge in [-0.05, 0) is 30.0 Å². The third kappa shape index (κ3) is 4.50. The first kappa shape index (κ1) is 21.5. The number of hydrogen-bond acceptors (Lipinski definition) is 5. The highest BCUT2D eigenvalue weighted by Crippen LogP contribution is 2.40. The van der Waals surface area contributed by atoms with E-state index < -0.39 is 12.0 Å². The Morgan fingerprint density at radius 3 is 2.27 bits per heavy atom. The van der Waals surface area contributed by atoms with Gasteiger partial charge in [-0.2, -0.15) is 0 Å². The predicted octanol–water partition coefficient (Wildman–Crippen LogP) is 3.61. The molecule has 3 rings (SSSR count). The van der Waals surface area contributed by atoms with Crippen LogP contribution >= 0.6 is 0 Å². The Kier molecular flexibility index (Phi) is 6.82. The summed E-state index contributed by atoms with van der Waals surface area (Å²) in [6.45, 7) is 2.73. The standard InChI is InChI=1S/C23H27NO6/c1-4-15-10-18(23(26)27)24(13-15)22(25)17-11-19(28-2)21(20(12-17)29-3)30-14-16-8-6-5-7-9-16/h5-9,11-12,15,18H,4,10,13-14H2,1-3H3,(H,26,27)/t15-,18-/m0/s1. The average molecular weight is 413 g/mol. The molecule has 1 heterocycles. The third-order valence-electron chi connectivity index (χ3n) is 5.44. The number of carbonyl (C=O) groups is 2. The first-order valence-corrected chi connectivity index (χ1v) is 9.95. The van der Waals surface area contributed by atoms with Crippen molar-refractivity contribution in [2.45, 2.75) is 32.4 Å². The van der Waals surface area contributed by atoms with Gasteiger partial charge in [-0.15, -0.1) is 0 Å². The van der Waals surface area contributed by atoms with Crippen LogP contribution in [0, 0.1) is 5.92 Å². The number of amides is 1. The largest absolute Gasteiger partial charge is 0.493 e. The lowest BCUT2D eigenvalue weighted by Crippen LogP contribution is -2.40. The minimum atomic E-state index is -0.985. The first-order chi connectivity index (χ1) is 14.5. The van der Waals surface area contributed by atoms with E-state index in [9.17, 15) is 14.7 Å². The molecular weight excluding hydrogens is 386 g/mol. The molecule has 1 fully saturated rings. The van der Waals surface area contributed by atoms with Crippen molar-refractivity contribution in [3.8, 4) is 17.2 Å². The average Bonchev–Trinajstić information content (AvgIpc) is 3.22. The maximum Gasteiger partial charge on any atom is 0.326 e. The number of carbonyl (C=O) groups excluding carboxylic acids is 1. The van der Waals surface area contributed by atoms with Crippen LogP contribution in [0.4, 0.5) is 0 Å². The lowest BCUT2D eigenvalue weighted by atomic mass is 10.0. The van der Waals surface area contributed by atoms with Crippen LogP contribution in [0.3, 0.4) is 0 Å². The summed E-state index contributed by atoms with van der Waals surface area (Å²) < 4.78 is 16.8. The number of aliphatic carboxylic acids is 1. The molecular formula is C23H27NO6. The van der Waals surface area contributed by atoms with Crippen molar-refractivity contribution in [3.63, 3.8) is 0 Å². The van der Waals surface area contributed by atoms with Crippen molar-refractivity contribution in [2.75, 3.05) is 20.8 Å². The van der Waals surface area contributed by atoms with Gasteiger partial charge in [0.15, 0.2) is 11.5 Å². The molecule has 0 saturated carbocycles. The van der Waals surface area contributed by atoms with Crippen LogP contribution in [0.1, 0.15) is 35.7 Å². The van der Waals surface area contributed by atoms with E-state index in [1.807, 2.05) is 37.3 Å². The van der Waals surface area contributed by atoms with Crippen LogP contribution in [-0.4, -0.2) is 48.7 Å². The topological polar surface area (TPSA) is 85.3 Å². The molecule has 1 N–H and O–H groups in total. The molecule has 1 amide bonds. The molecule has 2 atom stereocenters. The lowest BCUT2D eigenvalue weighted by molar-refractivity contribution is -0.141. The number of rotatable bonds is 8. The number of likely N-dealkylation sites (tertiary alicyclic amines) is 1. The van der Waals surface area contributed by atoms with Gasteiger partial charge in [-0.3, -0.25) is 4.79 Å². The van der Waals surface area contributed by atoms with E-state index >= 15 is 0 Å². The van der Waals surface area contributed by atoms with E-state index in [0.29, 0.717) is 42.4 Å². The number of benzene rings is 2. The number of carboxylic acids is 1. The molecule has 0 spiro atoms. The fraction of sp³-hybridized carbons (Fsp3) is 0.391. The molecule has 7 heteroatoms. The molecule has 2 aromatic carbocycles. The van der Waals surface area contributed by atoms with Gasteiger partial charge in [0.2, 0.25) is 5.75 Å². The van der Waals surface area contributed by atoms with Crippen LogP contribution in [0.25, 0.3) is 0 Å². The minimum Gasteiger partial charge on any atom is -0.493 e. The summed E-state index contributed by atoms with van der Waals surface area (Å²) in [5, 5.41) is 9.55. The van der Waals surface area contributed by atoms with E-state index in [-0.39, 0.29) is 11.8 Å². The highest BCUT2D eigenvalue weighted by Gasteiger charge is 2.39. The van der Waals surface area contributed by atoms with Gasteiger partial charge in [0.25, 0.3) is 5.91 Å². The Hall–Kier alpha value is -3.22. The van der Waals surface area contributed by atoms with Crippen molar-refractivity contribution in [3.05, 3.63) is 53.6 Å². The van der Waals surface area contributed by atoms with E-state index in [4.69, 9.17) is 14.2 Å². The van der Waals surface area contributed by atoms with Gasteiger partial charge in [-0.1, -0.05) is 43.7 Å². The molecule has 1 aliphatic rings. The molecule has 1 aliphatic heterocycles. The second kappa shape index (κ2) is 9.52. The first-order valence-electron chi connectivity index (χ1n) is 9.95. The highest BCUT2D eigenvalue weighted by atomic mass is 16.5. The smallest absolute Gasteiger partial charge is 0.326 e. The van der Waals surface area contributed by atoms with E-state index in [2.05, 4.69) is 0 Å². The Labute approximate surface area is 176 Å². The maximum atomic E-state index is 13.2. The molecule has 1 saturated heterocycles. The second-order valence-electron chi connectivity index (χ2n) is 7.31. The van der Waals surface area contributed by atoms with Crippen molar-refractivity contribution in [1.82, 2.24) is 4.90 Å². The zero-order valence-corrected chi connectivity index (χ0v) is 17.5. The summed E-state index contributed by atoms with van der Waals surface area (Å²) >= 11 is 0. The van der Waals surface area contributed by atoms with Crippen LogP contribution in [0.5, 0.6) is 17.2 Å². The Morgan fingerprint density at radius 1 is 1.10 bits per heavy atom. The lowest BCUT2D eigenvalue weighted by Gasteiger charge is -2.23. The van der Waals surface area contributed by atoms with E-state index in [1.165, 1.54) is 19.1 Å². The normalized spacial score (nSPS) is 18.2. The van der Waals surface area contributed by atoms with Gasteiger partial charge >= 0.3 is 5.97 Å². The summed E-state index contributed by atoms with van der Waals surface area (Å²) in [6.07, 6.45) is 1.29. The molecule has 0 aliphatic carbocycles. The van der Waals surface area contributed by atoms with Gasteiger partial charge in [-0.25, -0.2) is 4.79 Å². The molecule has 0 aromatic heterocycles. The minimum absolute atomic E-state index is 0.173. The van der Waals surface area contributed by atoms with Gasteiger partial charge in [0.1, 0.15) is 12.6 Å².